The fraction of sp³-hybridized carbons (Fsp3) is 0.278. The van der Waals surface area contributed by atoms with Gasteiger partial charge in [-0.2, -0.15) is 0 Å². The highest BCUT2D eigenvalue weighted by atomic mass is 15.1. The zero-order valence-corrected chi connectivity index (χ0v) is 11.9. The van der Waals surface area contributed by atoms with Crippen molar-refractivity contribution in [3.8, 4) is 0 Å². The van der Waals surface area contributed by atoms with Crippen LogP contribution in [0.4, 0.5) is 0 Å². The van der Waals surface area contributed by atoms with Gasteiger partial charge in [0, 0.05) is 12.6 Å². The van der Waals surface area contributed by atoms with Crippen LogP contribution in [0, 0.1) is 0 Å². The number of aromatic nitrogens is 2. The lowest BCUT2D eigenvalue weighted by molar-refractivity contribution is 0.649. The van der Waals surface area contributed by atoms with Crippen molar-refractivity contribution in [2.75, 3.05) is 6.54 Å². The first-order valence-corrected chi connectivity index (χ1v) is 7.60. The second-order valence-electron chi connectivity index (χ2n) is 5.76. The summed E-state index contributed by atoms with van der Waals surface area (Å²) in [7, 11) is 0. The number of hydrogen-bond acceptors (Lipinski definition) is 2. The molecule has 1 unspecified atom stereocenters. The van der Waals surface area contributed by atoms with Gasteiger partial charge in [0.2, 0.25) is 0 Å². The zero-order valence-electron chi connectivity index (χ0n) is 11.9. The summed E-state index contributed by atoms with van der Waals surface area (Å²) in [6.45, 7) is 0.583. The molecule has 1 aliphatic carbocycles. The van der Waals surface area contributed by atoms with Gasteiger partial charge in [-0.1, -0.05) is 42.5 Å². The van der Waals surface area contributed by atoms with Gasteiger partial charge in [-0.15, -0.1) is 0 Å². The minimum Gasteiger partial charge on any atom is -0.329 e. The van der Waals surface area contributed by atoms with Crippen molar-refractivity contribution in [1.82, 2.24) is 9.55 Å². The largest absolute Gasteiger partial charge is 0.329 e. The first kappa shape index (κ1) is 12.6. The van der Waals surface area contributed by atoms with Crippen LogP contribution in [0.1, 0.15) is 36.2 Å². The number of rotatable bonds is 4. The van der Waals surface area contributed by atoms with Gasteiger partial charge in [0.25, 0.3) is 0 Å². The molecular formula is C18H19N3. The molecule has 1 atom stereocenters. The summed E-state index contributed by atoms with van der Waals surface area (Å²) in [5.41, 5.74) is 9.66. The van der Waals surface area contributed by atoms with E-state index in [4.69, 9.17) is 10.7 Å². The van der Waals surface area contributed by atoms with E-state index in [-0.39, 0.29) is 5.92 Å². The van der Waals surface area contributed by atoms with Crippen molar-refractivity contribution in [1.29, 1.82) is 0 Å². The molecule has 3 nitrogen and oxygen atoms in total. The van der Waals surface area contributed by atoms with Crippen LogP contribution >= 0.6 is 0 Å². The summed E-state index contributed by atoms with van der Waals surface area (Å²) in [5.74, 6) is 1.28. The first-order valence-electron chi connectivity index (χ1n) is 7.60. The highest BCUT2D eigenvalue weighted by Crippen LogP contribution is 2.41. The van der Waals surface area contributed by atoms with E-state index >= 15 is 0 Å². The van der Waals surface area contributed by atoms with E-state index in [0.717, 1.165) is 11.3 Å². The first-order chi connectivity index (χ1) is 10.4. The molecule has 2 aromatic carbocycles. The minimum atomic E-state index is 0.166. The van der Waals surface area contributed by atoms with E-state index < -0.39 is 0 Å². The Balaban J connectivity index is 1.90. The van der Waals surface area contributed by atoms with Gasteiger partial charge in [-0.25, -0.2) is 4.98 Å². The highest BCUT2D eigenvalue weighted by Gasteiger charge is 2.31. The lowest BCUT2D eigenvalue weighted by Crippen LogP contribution is -2.18. The lowest BCUT2D eigenvalue weighted by Gasteiger charge is -2.17. The third-order valence-electron chi connectivity index (χ3n) is 4.28. The topological polar surface area (TPSA) is 43.8 Å². The Labute approximate surface area is 124 Å². The van der Waals surface area contributed by atoms with E-state index in [2.05, 4.69) is 53.1 Å². The van der Waals surface area contributed by atoms with Crippen LogP contribution in [0.3, 0.4) is 0 Å². The molecule has 1 aliphatic rings. The van der Waals surface area contributed by atoms with E-state index in [0.29, 0.717) is 12.6 Å². The number of fused-ring (bicyclic) bond motifs is 1. The van der Waals surface area contributed by atoms with E-state index in [1.807, 2.05) is 6.07 Å². The fourth-order valence-electron chi connectivity index (χ4n) is 3.10. The second kappa shape index (κ2) is 5.01. The third-order valence-corrected chi connectivity index (χ3v) is 4.28. The van der Waals surface area contributed by atoms with Crippen LogP contribution in [0.2, 0.25) is 0 Å². The number of imidazole rings is 1. The molecule has 4 rings (SSSR count). The standard InChI is InChI=1S/C18H19N3/c19-12-15(13-6-2-1-3-7-13)18-20-16-8-4-5-9-17(16)21(18)14-10-11-14/h1-9,14-15H,10-12,19H2. The Kier molecular flexibility index (Phi) is 3.00. The predicted molar refractivity (Wildman–Crippen MR) is 85.3 cm³/mol. The van der Waals surface area contributed by atoms with Gasteiger partial charge in [-0.05, 0) is 30.5 Å². The normalized spacial score (nSPS) is 16.2. The van der Waals surface area contributed by atoms with Crippen LogP contribution in [0.5, 0.6) is 0 Å². The quantitative estimate of drug-likeness (QED) is 0.793. The monoisotopic (exact) mass is 277 g/mol. The van der Waals surface area contributed by atoms with Gasteiger partial charge >= 0.3 is 0 Å². The Bertz CT molecular complexity index is 756. The average Bonchev–Trinajstić information content (AvgIpc) is 3.30. The molecule has 0 saturated heterocycles. The van der Waals surface area contributed by atoms with E-state index in [1.54, 1.807) is 0 Å². The van der Waals surface area contributed by atoms with Gasteiger partial charge in [-0.3, -0.25) is 0 Å². The summed E-state index contributed by atoms with van der Waals surface area (Å²) in [4.78, 5) is 4.90. The van der Waals surface area contributed by atoms with Crippen LogP contribution in [-0.2, 0) is 0 Å². The van der Waals surface area contributed by atoms with Crippen LogP contribution < -0.4 is 5.73 Å². The average molecular weight is 277 g/mol. The molecule has 0 aliphatic heterocycles. The van der Waals surface area contributed by atoms with Gasteiger partial charge in [0.05, 0.1) is 17.0 Å². The SMILES string of the molecule is NCC(c1ccccc1)c1nc2ccccc2n1C1CC1. The molecular weight excluding hydrogens is 258 g/mol. The second-order valence-corrected chi connectivity index (χ2v) is 5.76. The van der Waals surface area contributed by atoms with Crippen molar-refractivity contribution in [2.45, 2.75) is 24.8 Å². The predicted octanol–water partition coefficient (Wildman–Crippen LogP) is 3.46. The van der Waals surface area contributed by atoms with Crippen LogP contribution in [0.25, 0.3) is 11.0 Å². The number of nitrogens with zero attached hydrogens (tertiary/aromatic N) is 2. The fourth-order valence-corrected chi connectivity index (χ4v) is 3.10. The molecule has 0 spiro atoms. The Morgan fingerprint density at radius 2 is 1.76 bits per heavy atom. The van der Waals surface area contributed by atoms with Crippen molar-refractivity contribution >= 4 is 11.0 Å². The molecule has 1 heterocycles. The van der Waals surface area contributed by atoms with Crippen molar-refractivity contribution < 1.29 is 0 Å². The smallest absolute Gasteiger partial charge is 0.118 e. The number of nitrogens with two attached hydrogens (primary N) is 1. The summed E-state index contributed by atoms with van der Waals surface area (Å²) in [5, 5.41) is 0. The Hall–Kier alpha value is -2.13. The van der Waals surface area contributed by atoms with Crippen molar-refractivity contribution in [3.05, 3.63) is 66.0 Å². The third kappa shape index (κ3) is 2.14. The maximum Gasteiger partial charge on any atom is 0.118 e. The van der Waals surface area contributed by atoms with Crippen molar-refractivity contribution in [3.63, 3.8) is 0 Å². The molecule has 2 N–H and O–H groups in total. The number of para-hydroxylation sites is 2. The Morgan fingerprint density at radius 3 is 2.48 bits per heavy atom. The molecule has 1 aromatic heterocycles. The maximum absolute atomic E-state index is 6.09. The maximum atomic E-state index is 6.09. The summed E-state index contributed by atoms with van der Waals surface area (Å²) in [6, 6.07) is 19.5. The zero-order chi connectivity index (χ0) is 14.2. The van der Waals surface area contributed by atoms with Gasteiger partial charge in [0.1, 0.15) is 5.82 Å². The highest BCUT2D eigenvalue weighted by molar-refractivity contribution is 5.76. The molecule has 106 valence electrons. The van der Waals surface area contributed by atoms with Crippen molar-refractivity contribution in [2.24, 2.45) is 5.73 Å². The number of benzene rings is 2. The molecule has 0 bridgehead atoms. The molecule has 1 saturated carbocycles. The molecule has 1 fully saturated rings. The van der Waals surface area contributed by atoms with E-state index in [9.17, 15) is 0 Å². The lowest BCUT2D eigenvalue weighted by atomic mass is 9.98. The summed E-state index contributed by atoms with van der Waals surface area (Å²) >= 11 is 0. The molecule has 0 amide bonds. The van der Waals surface area contributed by atoms with Gasteiger partial charge in [0.15, 0.2) is 0 Å². The molecule has 21 heavy (non-hydrogen) atoms. The minimum absolute atomic E-state index is 0.166. The van der Waals surface area contributed by atoms with E-state index in [1.165, 1.54) is 23.9 Å². The Morgan fingerprint density at radius 1 is 1.05 bits per heavy atom. The number of hydrogen-bond donors (Lipinski definition) is 1. The summed E-state index contributed by atoms with van der Waals surface area (Å²) in [6.07, 6.45) is 2.50. The van der Waals surface area contributed by atoms with Crippen LogP contribution in [-0.4, -0.2) is 16.1 Å². The molecule has 3 aromatic rings. The molecule has 0 radical (unpaired) electrons. The van der Waals surface area contributed by atoms with Crippen LogP contribution in [0.15, 0.2) is 54.6 Å². The summed E-state index contributed by atoms with van der Waals surface area (Å²) < 4.78 is 2.42. The molecule has 3 heteroatoms. The van der Waals surface area contributed by atoms with Gasteiger partial charge < -0.3 is 10.3 Å².